The summed E-state index contributed by atoms with van der Waals surface area (Å²) in [6, 6.07) is 0. The summed E-state index contributed by atoms with van der Waals surface area (Å²) in [7, 11) is 0. The van der Waals surface area contributed by atoms with Crippen LogP contribution in [-0.4, -0.2) is 78.6 Å². The molecule has 0 fully saturated rings. The molecule has 0 heterocycles. The quantitative estimate of drug-likeness (QED) is 0.260. The zero-order valence-corrected chi connectivity index (χ0v) is 15.3. The first-order chi connectivity index (χ1) is 11.8. The molecule has 0 bridgehead atoms. The molecule has 0 aliphatic carbocycles. The molecule has 0 aliphatic rings. The molecule has 0 rings (SSSR count). The molecule has 144 valence electrons. The SMILES string of the molecule is CCCCOCCOCCOCCOCCOCCC(=O)OCC. The van der Waals surface area contributed by atoms with Crippen molar-refractivity contribution in [3.05, 3.63) is 0 Å². The maximum Gasteiger partial charge on any atom is 0.308 e. The van der Waals surface area contributed by atoms with Crippen LogP contribution < -0.4 is 0 Å². The first kappa shape index (κ1) is 23.3. The summed E-state index contributed by atoms with van der Waals surface area (Å²) in [4.78, 5) is 11.0. The Morgan fingerprint density at radius 3 is 1.46 bits per heavy atom. The van der Waals surface area contributed by atoms with Gasteiger partial charge in [-0.25, -0.2) is 0 Å². The largest absolute Gasteiger partial charge is 0.466 e. The standard InChI is InChI=1S/C17H34O7/c1-3-5-7-19-9-11-21-13-15-23-16-14-22-12-10-20-8-6-17(18)24-4-2/h3-16H2,1-2H3. The fraction of sp³-hybridized carbons (Fsp3) is 0.941. The van der Waals surface area contributed by atoms with E-state index < -0.39 is 0 Å². The molecule has 0 saturated heterocycles. The van der Waals surface area contributed by atoms with Crippen molar-refractivity contribution in [1.82, 2.24) is 0 Å². The molecule has 0 radical (unpaired) electrons. The highest BCUT2D eigenvalue weighted by atomic mass is 16.6. The Morgan fingerprint density at radius 1 is 0.625 bits per heavy atom. The third-order valence-corrected chi connectivity index (χ3v) is 2.89. The number of carbonyl (C=O) groups excluding carboxylic acids is 1. The van der Waals surface area contributed by atoms with Gasteiger partial charge in [0.05, 0.1) is 72.5 Å². The van der Waals surface area contributed by atoms with E-state index in [1.807, 2.05) is 0 Å². The third kappa shape index (κ3) is 19.3. The molecule has 0 aromatic carbocycles. The van der Waals surface area contributed by atoms with Gasteiger partial charge in [-0.3, -0.25) is 4.79 Å². The van der Waals surface area contributed by atoms with E-state index in [1.54, 1.807) is 6.92 Å². The van der Waals surface area contributed by atoms with E-state index in [0.717, 1.165) is 19.4 Å². The van der Waals surface area contributed by atoms with Gasteiger partial charge in [0.2, 0.25) is 0 Å². The van der Waals surface area contributed by atoms with Gasteiger partial charge in [-0.15, -0.1) is 0 Å². The molecule has 0 N–H and O–H groups in total. The van der Waals surface area contributed by atoms with E-state index >= 15 is 0 Å². The van der Waals surface area contributed by atoms with Gasteiger partial charge >= 0.3 is 5.97 Å². The highest BCUT2D eigenvalue weighted by Gasteiger charge is 2.00. The molecule has 0 aromatic rings. The number of rotatable bonds is 19. The Morgan fingerprint density at radius 2 is 1.04 bits per heavy atom. The minimum Gasteiger partial charge on any atom is -0.466 e. The predicted molar refractivity (Wildman–Crippen MR) is 90.3 cm³/mol. The number of esters is 1. The summed E-state index contributed by atoms with van der Waals surface area (Å²) in [5.74, 6) is -0.235. The Hall–Kier alpha value is -0.730. The van der Waals surface area contributed by atoms with Crippen molar-refractivity contribution in [2.45, 2.75) is 33.1 Å². The number of carbonyl (C=O) groups is 1. The van der Waals surface area contributed by atoms with Gasteiger partial charge in [0, 0.05) is 6.61 Å². The van der Waals surface area contributed by atoms with Gasteiger partial charge in [0.1, 0.15) is 0 Å². The van der Waals surface area contributed by atoms with Crippen LogP contribution in [0.15, 0.2) is 0 Å². The van der Waals surface area contributed by atoms with Crippen LogP contribution >= 0.6 is 0 Å². The molecule has 7 nitrogen and oxygen atoms in total. The molecule has 24 heavy (non-hydrogen) atoms. The van der Waals surface area contributed by atoms with E-state index in [4.69, 9.17) is 28.4 Å². The van der Waals surface area contributed by atoms with Crippen molar-refractivity contribution in [3.8, 4) is 0 Å². The summed E-state index contributed by atoms with van der Waals surface area (Å²) >= 11 is 0. The topological polar surface area (TPSA) is 72.5 Å². The molecule has 0 aliphatic heterocycles. The minimum atomic E-state index is -0.235. The first-order valence-electron chi connectivity index (χ1n) is 8.85. The Balaban J connectivity index is 3.01. The van der Waals surface area contributed by atoms with E-state index in [-0.39, 0.29) is 12.4 Å². The normalized spacial score (nSPS) is 10.9. The summed E-state index contributed by atoms with van der Waals surface area (Å²) < 4.78 is 31.5. The average molecular weight is 350 g/mol. The van der Waals surface area contributed by atoms with Gasteiger partial charge in [0.15, 0.2) is 0 Å². The number of hydrogen-bond acceptors (Lipinski definition) is 7. The summed E-state index contributed by atoms with van der Waals surface area (Å²) in [6.07, 6.45) is 2.52. The summed E-state index contributed by atoms with van der Waals surface area (Å²) in [5, 5.41) is 0. The van der Waals surface area contributed by atoms with Crippen LogP contribution in [0.1, 0.15) is 33.1 Å². The van der Waals surface area contributed by atoms with Crippen molar-refractivity contribution in [2.24, 2.45) is 0 Å². The molecule has 0 saturated carbocycles. The van der Waals surface area contributed by atoms with E-state index in [0.29, 0.717) is 66.1 Å². The maximum absolute atomic E-state index is 11.0. The lowest BCUT2D eigenvalue weighted by atomic mass is 10.4. The van der Waals surface area contributed by atoms with Crippen molar-refractivity contribution in [2.75, 3.05) is 72.7 Å². The van der Waals surface area contributed by atoms with Crippen LogP contribution in [0, 0.1) is 0 Å². The zero-order chi connectivity index (χ0) is 17.7. The Bertz CT molecular complexity index is 261. The molecule has 7 heteroatoms. The second kappa shape index (κ2) is 20.3. The molecular weight excluding hydrogens is 316 g/mol. The summed E-state index contributed by atoms with van der Waals surface area (Å²) in [5.41, 5.74) is 0. The highest BCUT2D eigenvalue weighted by Crippen LogP contribution is 1.89. The van der Waals surface area contributed by atoms with Gasteiger partial charge < -0.3 is 28.4 Å². The fourth-order valence-corrected chi connectivity index (χ4v) is 1.62. The van der Waals surface area contributed by atoms with Crippen molar-refractivity contribution in [1.29, 1.82) is 0 Å². The molecule has 0 atom stereocenters. The van der Waals surface area contributed by atoms with Crippen LogP contribution in [0.25, 0.3) is 0 Å². The zero-order valence-electron chi connectivity index (χ0n) is 15.3. The number of unbranched alkanes of at least 4 members (excludes halogenated alkanes) is 1. The lowest BCUT2D eigenvalue weighted by molar-refractivity contribution is -0.144. The Kier molecular flexibility index (Phi) is 19.7. The molecular formula is C17H34O7. The maximum atomic E-state index is 11.0. The first-order valence-corrected chi connectivity index (χ1v) is 8.85. The second-order valence-electron chi connectivity index (χ2n) is 4.97. The lowest BCUT2D eigenvalue weighted by Crippen LogP contribution is -2.14. The molecule has 0 amide bonds. The van der Waals surface area contributed by atoms with Crippen LogP contribution in [0.2, 0.25) is 0 Å². The van der Waals surface area contributed by atoms with Crippen LogP contribution in [-0.2, 0) is 33.2 Å². The van der Waals surface area contributed by atoms with E-state index in [9.17, 15) is 4.79 Å². The average Bonchev–Trinajstić information content (AvgIpc) is 2.58. The smallest absolute Gasteiger partial charge is 0.308 e. The van der Waals surface area contributed by atoms with Crippen LogP contribution in [0.3, 0.4) is 0 Å². The fourth-order valence-electron chi connectivity index (χ4n) is 1.62. The van der Waals surface area contributed by atoms with Gasteiger partial charge in [-0.1, -0.05) is 13.3 Å². The second-order valence-corrected chi connectivity index (χ2v) is 4.97. The van der Waals surface area contributed by atoms with Crippen molar-refractivity contribution in [3.63, 3.8) is 0 Å². The Labute approximate surface area is 145 Å². The molecule has 0 aromatic heterocycles. The predicted octanol–water partition coefficient (Wildman–Crippen LogP) is 1.82. The van der Waals surface area contributed by atoms with Crippen LogP contribution in [0.5, 0.6) is 0 Å². The molecule has 0 spiro atoms. The van der Waals surface area contributed by atoms with Crippen molar-refractivity contribution >= 4 is 5.97 Å². The third-order valence-electron chi connectivity index (χ3n) is 2.89. The monoisotopic (exact) mass is 350 g/mol. The number of hydrogen-bond donors (Lipinski definition) is 0. The van der Waals surface area contributed by atoms with E-state index in [2.05, 4.69) is 6.92 Å². The highest BCUT2D eigenvalue weighted by molar-refractivity contribution is 5.69. The summed E-state index contributed by atoms with van der Waals surface area (Å²) in [6.45, 7) is 9.83. The number of ether oxygens (including phenoxy) is 6. The van der Waals surface area contributed by atoms with Gasteiger partial charge in [0.25, 0.3) is 0 Å². The van der Waals surface area contributed by atoms with Gasteiger partial charge in [-0.05, 0) is 13.3 Å². The van der Waals surface area contributed by atoms with Gasteiger partial charge in [-0.2, -0.15) is 0 Å². The lowest BCUT2D eigenvalue weighted by Gasteiger charge is -2.08. The van der Waals surface area contributed by atoms with Crippen molar-refractivity contribution < 1.29 is 33.2 Å². The molecule has 0 unspecified atom stereocenters. The minimum absolute atomic E-state index is 0.235. The van der Waals surface area contributed by atoms with Crippen LogP contribution in [0.4, 0.5) is 0 Å². The van der Waals surface area contributed by atoms with E-state index in [1.165, 1.54) is 0 Å².